The lowest BCUT2D eigenvalue weighted by Crippen LogP contribution is -2.25. The van der Waals surface area contributed by atoms with Gasteiger partial charge in [0.15, 0.2) is 5.69 Å². The van der Waals surface area contributed by atoms with Crippen LogP contribution in [0.2, 0.25) is 0 Å². The van der Waals surface area contributed by atoms with Crippen molar-refractivity contribution in [2.24, 2.45) is 5.92 Å². The van der Waals surface area contributed by atoms with Crippen LogP contribution < -0.4 is 4.72 Å². The van der Waals surface area contributed by atoms with Gasteiger partial charge in [0.1, 0.15) is 11.0 Å². The molecule has 1 fully saturated rings. The van der Waals surface area contributed by atoms with Gasteiger partial charge in [0.25, 0.3) is 0 Å². The zero-order valence-corrected chi connectivity index (χ0v) is 10.8. The number of rotatable bonds is 6. The third-order valence-electron chi connectivity index (χ3n) is 2.94. The minimum atomic E-state index is -3.62. The second-order valence-corrected chi connectivity index (χ2v) is 6.18. The molecule has 1 aliphatic carbocycles. The van der Waals surface area contributed by atoms with Crippen molar-refractivity contribution in [2.75, 3.05) is 6.54 Å². The van der Waals surface area contributed by atoms with Crippen LogP contribution in [0.1, 0.15) is 31.4 Å². The number of nitrogens with one attached hydrogen (secondary N) is 1. The Kier molecular flexibility index (Phi) is 3.94. The second kappa shape index (κ2) is 5.46. The zero-order chi connectivity index (χ0) is 13.0. The number of nitrogens with zero attached hydrogens (tertiary/aromatic N) is 2. The Balaban J connectivity index is 1.98. The molecule has 0 unspecified atom stereocenters. The summed E-state index contributed by atoms with van der Waals surface area (Å²) in [7, 11) is -3.62. The standard InChI is InChI=1S/C12H15N3O2S/c13-9-11-12(4-2-7-14-11)18(16,17)15-8-1-3-10-5-6-10/h2,4,7,10,15H,1,3,5-6,8H2. The smallest absolute Gasteiger partial charge is 0.243 e. The lowest BCUT2D eigenvalue weighted by atomic mass is 10.2. The van der Waals surface area contributed by atoms with Gasteiger partial charge in [-0.3, -0.25) is 0 Å². The van der Waals surface area contributed by atoms with E-state index in [-0.39, 0.29) is 10.6 Å². The van der Waals surface area contributed by atoms with Gasteiger partial charge in [0.2, 0.25) is 10.0 Å². The first-order valence-corrected chi connectivity index (χ1v) is 7.46. The van der Waals surface area contributed by atoms with Gasteiger partial charge < -0.3 is 0 Å². The fourth-order valence-electron chi connectivity index (χ4n) is 1.77. The molecule has 2 rings (SSSR count). The molecule has 0 saturated heterocycles. The van der Waals surface area contributed by atoms with Crippen LogP contribution in [0, 0.1) is 17.2 Å². The third-order valence-corrected chi connectivity index (χ3v) is 4.44. The normalized spacial score (nSPS) is 15.3. The summed E-state index contributed by atoms with van der Waals surface area (Å²) in [4.78, 5) is 3.71. The van der Waals surface area contributed by atoms with Gasteiger partial charge in [0, 0.05) is 12.7 Å². The topological polar surface area (TPSA) is 82.8 Å². The number of pyridine rings is 1. The highest BCUT2D eigenvalue weighted by molar-refractivity contribution is 7.89. The summed E-state index contributed by atoms with van der Waals surface area (Å²) >= 11 is 0. The molecule has 0 radical (unpaired) electrons. The summed E-state index contributed by atoms with van der Waals surface area (Å²) in [5.41, 5.74) is -0.0628. The molecule has 1 aromatic rings. The van der Waals surface area contributed by atoms with E-state index in [1.54, 1.807) is 6.07 Å². The van der Waals surface area contributed by atoms with Crippen molar-refractivity contribution in [3.05, 3.63) is 24.0 Å². The molecule has 6 heteroatoms. The molecule has 1 aliphatic rings. The van der Waals surface area contributed by atoms with Crippen LogP contribution in [0.5, 0.6) is 0 Å². The SMILES string of the molecule is N#Cc1ncccc1S(=O)(=O)NCCCC1CC1. The first-order chi connectivity index (χ1) is 8.63. The molecular formula is C12H15N3O2S. The van der Waals surface area contributed by atoms with Crippen molar-refractivity contribution in [1.29, 1.82) is 5.26 Å². The summed E-state index contributed by atoms with van der Waals surface area (Å²) in [5, 5.41) is 8.83. The zero-order valence-electron chi connectivity index (χ0n) is 9.96. The maximum Gasteiger partial charge on any atom is 0.243 e. The van der Waals surface area contributed by atoms with Gasteiger partial charge in [-0.25, -0.2) is 18.1 Å². The monoisotopic (exact) mass is 265 g/mol. The lowest BCUT2D eigenvalue weighted by molar-refractivity contribution is 0.572. The molecule has 0 bridgehead atoms. The summed E-state index contributed by atoms with van der Waals surface area (Å²) < 4.78 is 26.5. The molecule has 0 atom stereocenters. The maximum atomic E-state index is 12.0. The predicted molar refractivity (Wildman–Crippen MR) is 66.1 cm³/mol. The first kappa shape index (κ1) is 13.0. The minimum Gasteiger partial charge on any atom is -0.244 e. The van der Waals surface area contributed by atoms with E-state index in [1.807, 2.05) is 0 Å². The Morgan fingerprint density at radius 3 is 2.94 bits per heavy atom. The van der Waals surface area contributed by atoms with Crippen LogP contribution in [-0.4, -0.2) is 19.9 Å². The average Bonchev–Trinajstić information content (AvgIpc) is 3.19. The Morgan fingerprint density at radius 2 is 2.28 bits per heavy atom. The number of hydrogen-bond donors (Lipinski definition) is 1. The summed E-state index contributed by atoms with van der Waals surface area (Å²) in [6, 6.07) is 4.70. The van der Waals surface area contributed by atoms with E-state index in [4.69, 9.17) is 5.26 Å². The third kappa shape index (κ3) is 3.28. The van der Waals surface area contributed by atoms with Crippen LogP contribution in [-0.2, 0) is 10.0 Å². The van der Waals surface area contributed by atoms with Gasteiger partial charge in [-0.1, -0.05) is 12.8 Å². The van der Waals surface area contributed by atoms with Crippen molar-refractivity contribution in [3.8, 4) is 6.07 Å². The van der Waals surface area contributed by atoms with E-state index in [9.17, 15) is 8.42 Å². The van der Waals surface area contributed by atoms with Crippen molar-refractivity contribution >= 4 is 10.0 Å². The van der Waals surface area contributed by atoms with Crippen molar-refractivity contribution < 1.29 is 8.42 Å². The fourth-order valence-corrected chi connectivity index (χ4v) is 2.95. The minimum absolute atomic E-state index is 0.0427. The van der Waals surface area contributed by atoms with Crippen molar-refractivity contribution in [2.45, 2.75) is 30.6 Å². The molecule has 0 spiro atoms. The number of sulfonamides is 1. The quantitative estimate of drug-likeness (QED) is 0.788. The summed E-state index contributed by atoms with van der Waals surface area (Å²) in [6.07, 6.45) is 5.86. The Labute approximate surface area is 107 Å². The average molecular weight is 265 g/mol. The largest absolute Gasteiger partial charge is 0.244 e. The molecule has 18 heavy (non-hydrogen) atoms. The van der Waals surface area contributed by atoms with Gasteiger partial charge in [-0.05, 0) is 30.9 Å². The van der Waals surface area contributed by atoms with Gasteiger partial charge in [-0.15, -0.1) is 0 Å². The lowest BCUT2D eigenvalue weighted by Gasteiger charge is -2.07. The molecule has 1 aromatic heterocycles. The van der Waals surface area contributed by atoms with Crippen molar-refractivity contribution in [3.63, 3.8) is 0 Å². The van der Waals surface area contributed by atoms with E-state index in [1.165, 1.54) is 31.2 Å². The molecule has 1 heterocycles. The molecule has 1 N–H and O–H groups in total. The Bertz CT molecular complexity index is 559. The van der Waals surface area contributed by atoms with E-state index in [0.717, 1.165) is 18.8 Å². The van der Waals surface area contributed by atoms with Gasteiger partial charge in [-0.2, -0.15) is 5.26 Å². The van der Waals surface area contributed by atoms with E-state index >= 15 is 0 Å². The van der Waals surface area contributed by atoms with Gasteiger partial charge in [0.05, 0.1) is 0 Å². The van der Waals surface area contributed by atoms with Crippen molar-refractivity contribution in [1.82, 2.24) is 9.71 Å². The first-order valence-electron chi connectivity index (χ1n) is 5.98. The number of hydrogen-bond acceptors (Lipinski definition) is 4. The van der Waals surface area contributed by atoms with Crippen LogP contribution in [0.3, 0.4) is 0 Å². The second-order valence-electron chi connectivity index (χ2n) is 4.45. The molecule has 96 valence electrons. The summed E-state index contributed by atoms with van der Waals surface area (Å²) in [5.74, 6) is 0.794. The molecule has 5 nitrogen and oxygen atoms in total. The van der Waals surface area contributed by atoms with Gasteiger partial charge >= 0.3 is 0 Å². The van der Waals surface area contributed by atoms with Crippen LogP contribution in [0.15, 0.2) is 23.2 Å². The molecule has 0 aromatic carbocycles. The molecule has 0 aliphatic heterocycles. The predicted octanol–water partition coefficient (Wildman–Crippen LogP) is 1.42. The molecular weight excluding hydrogens is 250 g/mol. The maximum absolute atomic E-state index is 12.0. The molecule has 1 saturated carbocycles. The van der Waals surface area contributed by atoms with Crippen LogP contribution >= 0.6 is 0 Å². The van der Waals surface area contributed by atoms with E-state index in [2.05, 4.69) is 9.71 Å². The highest BCUT2D eigenvalue weighted by atomic mass is 32.2. The number of nitriles is 1. The van der Waals surface area contributed by atoms with E-state index < -0.39 is 10.0 Å². The Hall–Kier alpha value is -1.45. The highest BCUT2D eigenvalue weighted by Gasteiger charge is 2.22. The number of aromatic nitrogens is 1. The summed E-state index contributed by atoms with van der Waals surface area (Å²) in [6.45, 7) is 0.415. The Morgan fingerprint density at radius 1 is 1.50 bits per heavy atom. The highest BCUT2D eigenvalue weighted by Crippen LogP contribution is 2.33. The van der Waals surface area contributed by atoms with E-state index in [0.29, 0.717) is 6.54 Å². The van der Waals surface area contributed by atoms with Crippen LogP contribution in [0.25, 0.3) is 0 Å². The molecule has 0 amide bonds. The van der Waals surface area contributed by atoms with Crippen LogP contribution in [0.4, 0.5) is 0 Å². The fraction of sp³-hybridized carbons (Fsp3) is 0.500.